The van der Waals surface area contributed by atoms with Crippen LogP contribution >= 0.6 is 15.9 Å². The van der Waals surface area contributed by atoms with Crippen molar-refractivity contribution < 1.29 is 4.79 Å². The van der Waals surface area contributed by atoms with E-state index in [-0.39, 0.29) is 5.91 Å². The molecule has 19 heavy (non-hydrogen) atoms. The summed E-state index contributed by atoms with van der Waals surface area (Å²) in [7, 11) is 0. The number of rotatable bonds is 4. The summed E-state index contributed by atoms with van der Waals surface area (Å²) in [6, 6.07) is 15.5. The van der Waals surface area contributed by atoms with Crippen molar-refractivity contribution in [3.63, 3.8) is 0 Å². The molecule has 2 nitrogen and oxygen atoms in total. The zero-order valence-electron chi connectivity index (χ0n) is 10.8. The van der Waals surface area contributed by atoms with E-state index < -0.39 is 0 Å². The first-order valence-corrected chi connectivity index (χ1v) is 7.41. The highest BCUT2D eigenvalue weighted by molar-refractivity contribution is 9.08. The Morgan fingerprint density at radius 2 is 1.79 bits per heavy atom. The number of amides is 1. The van der Waals surface area contributed by atoms with Crippen LogP contribution < -0.4 is 5.32 Å². The summed E-state index contributed by atoms with van der Waals surface area (Å²) in [5.74, 6) is -0.0701. The summed E-state index contributed by atoms with van der Waals surface area (Å²) in [6.07, 6.45) is 1.00. The molecule has 0 spiro atoms. The molecular weight excluding hydrogens is 302 g/mol. The van der Waals surface area contributed by atoms with Crippen molar-refractivity contribution in [2.75, 3.05) is 5.32 Å². The van der Waals surface area contributed by atoms with Gasteiger partial charge in [0.1, 0.15) is 0 Å². The monoisotopic (exact) mass is 317 g/mol. The lowest BCUT2D eigenvalue weighted by Crippen LogP contribution is -2.13. The largest absolute Gasteiger partial charge is 0.322 e. The summed E-state index contributed by atoms with van der Waals surface area (Å²) in [4.78, 5) is 12.2. The van der Waals surface area contributed by atoms with Crippen LogP contribution in [0.5, 0.6) is 0 Å². The zero-order valence-corrected chi connectivity index (χ0v) is 12.4. The van der Waals surface area contributed by atoms with Gasteiger partial charge >= 0.3 is 0 Å². The van der Waals surface area contributed by atoms with Gasteiger partial charge in [-0.2, -0.15) is 0 Å². The van der Waals surface area contributed by atoms with Gasteiger partial charge < -0.3 is 5.32 Å². The number of hydrogen-bond donors (Lipinski definition) is 1. The number of hydrogen-bond acceptors (Lipinski definition) is 1. The molecule has 0 radical (unpaired) electrons. The van der Waals surface area contributed by atoms with Crippen molar-refractivity contribution in [1.29, 1.82) is 0 Å². The van der Waals surface area contributed by atoms with Gasteiger partial charge in [-0.1, -0.05) is 53.2 Å². The average Bonchev–Trinajstić information content (AvgIpc) is 2.48. The Hall–Kier alpha value is -1.61. The standard InChI is InChI=1S/C16H16BrNO/c1-2-12-7-9-14(10-8-12)18-16(19)15-6-4-3-5-13(15)11-17/h3-10H,2,11H2,1H3,(H,18,19). The predicted octanol–water partition coefficient (Wildman–Crippen LogP) is 4.40. The fourth-order valence-corrected chi connectivity index (χ4v) is 2.37. The van der Waals surface area contributed by atoms with E-state index in [4.69, 9.17) is 0 Å². The number of carbonyl (C=O) groups excluding carboxylic acids is 1. The number of benzene rings is 2. The highest BCUT2D eigenvalue weighted by Gasteiger charge is 2.09. The molecule has 0 unspecified atom stereocenters. The first kappa shape index (κ1) is 13.8. The Kier molecular flexibility index (Phi) is 4.74. The minimum Gasteiger partial charge on any atom is -0.322 e. The first-order valence-electron chi connectivity index (χ1n) is 6.28. The smallest absolute Gasteiger partial charge is 0.255 e. The molecule has 0 aliphatic carbocycles. The van der Waals surface area contributed by atoms with Crippen LogP contribution in [0.1, 0.15) is 28.4 Å². The van der Waals surface area contributed by atoms with Crippen LogP contribution in [0.3, 0.4) is 0 Å². The molecule has 0 atom stereocenters. The highest BCUT2D eigenvalue weighted by Crippen LogP contribution is 2.16. The minimum absolute atomic E-state index is 0.0701. The number of alkyl halides is 1. The summed E-state index contributed by atoms with van der Waals surface area (Å²) in [6.45, 7) is 2.11. The maximum absolute atomic E-state index is 12.2. The van der Waals surface area contributed by atoms with Crippen LogP contribution in [0.2, 0.25) is 0 Å². The van der Waals surface area contributed by atoms with Crippen molar-refractivity contribution in [2.45, 2.75) is 18.7 Å². The number of aryl methyl sites for hydroxylation is 1. The summed E-state index contributed by atoms with van der Waals surface area (Å²) < 4.78 is 0. The fraction of sp³-hybridized carbons (Fsp3) is 0.188. The number of anilines is 1. The molecule has 1 amide bonds. The Balaban J connectivity index is 2.16. The van der Waals surface area contributed by atoms with Gasteiger partial charge in [-0.3, -0.25) is 4.79 Å². The van der Waals surface area contributed by atoms with Crippen LogP contribution in [0.25, 0.3) is 0 Å². The van der Waals surface area contributed by atoms with E-state index in [9.17, 15) is 4.79 Å². The third-order valence-electron chi connectivity index (χ3n) is 3.03. The minimum atomic E-state index is -0.0701. The van der Waals surface area contributed by atoms with Crippen molar-refractivity contribution in [3.05, 3.63) is 65.2 Å². The first-order chi connectivity index (χ1) is 9.24. The Morgan fingerprint density at radius 3 is 2.42 bits per heavy atom. The van der Waals surface area contributed by atoms with Gasteiger partial charge in [-0.05, 0) is 35.7 Å². The zero-order chi connectivity index (χ0) is 13.7. The van der Waals surface area contributed by atoms with Gasteiger partial charge in [-0.25, -0.2) is 0 Å². The molecular formula is C16H16BrNO. The molecule has 1 N–H and O–H groups in total. The maximum Gasteiger partial charge on any atom is 0.255 e. The van der Waals surface area contributed by atoms with Crippen molar-refractivity contribution in [1.82, 2.24) is 0 Å². The lowest BCUT2D eigenvalue weighted by Gasteiger charge is -2.09. The molecule has 98 valence electrons. The van der Waals surface area contributed by atoms with E-state index >= 15 is 0 Å². The van der Waals surface area contributed by atoms with E-state index in [1.807, 2.05) is 48.5 Å². The molecule has 0 saturated heterocycles. The second-order valence-electron chi connectivity index (χ2n) is 4.30. The molecule has 2 aromatic carbocycles. The van der Waals surface area contributed by atoms with Crippen LogP contribution in [0.4, 0.5) is 5.69 Å². The van der Waals surface area contributed by atoms with Gasteiger partial charge in [-0.15, -0.1) is 0 Å². The molecule has 2 aromatic rings. The van der Waals surface area contributed by atoms with Gasteiger partial charge in [0.25, 0.3) is 5.91 Å². The number of nitrogens with one attached hydrogen (secondary N) is 1. The molecule has 0 bridgehead atoms. The fourth-order valence-electron chi connectivity index (χ4n) is 1.88. The van der Waals surface area contributed by atoms with E-state index in [1.165, 1.54) is 5.56 Å². The SMILES string of the molecule is CCc1ccc(NC(=O)c2ccccc2CBr)cc1. The number of carbonyl (C=O) groups is 1. The summed E-state index contributed by atoms with van der Waals surface area (Å²) in [5.41, 5.74) is 3.79. The third-order valence-corrected chi connectivity index (χ3v) is 3.63. The second-order valence-corrected chi connectivity index (χ2v) is 4.86. The van der Waals surface area contributed by atoms with Crippen molar-refractivity contribution >= 4 is 27.5 Å². The van der Waals surface area contributed by atoms with Crippen molar-refractivity contribution in [3.8, 4) is 0 Å². The summed E-state index contributed by atoms with van der Waals surface area (Å²) in [5, 5.41) is 3.60. The molecule has 0 aromatic heterocycles. The Bertz CT molecular complexity index is 563. The Morgan fingerprint density at radius 1 is 1.11 bits per heavy atom. The van der Waals surface area contributed by atoms with Crippen molar-refractivity contribution in [2.24, 2.45) is 0 Å². The quantitative estimate of drug-likeness (QED) is 0.832. The predicted molar refractivity (Wildman–Crippen MR) is 82.8 cm³/mol. The van der Waals surface area contributed by atoms with E-state index in [0.29, 0.717) is 10.9 Å². The molecule has 2 rings (SSSR count). The highest BCUT2D eigenvalue weighted by atomic mass is 79.9. The maximum atomic E-state index is 12.2. The number of halogens is 1. The van der Waals surface area contributed by atoms with Gasteiger partial charge in [0.05, 0.1) is 0 Å². The third kappa shape index (κ3) is 3.44. The average molecular weight is 318 g/mol. The normalized spacial score (nSPS) is 10.2. The molecule has 0 aliphatic heterocycles. The van der Waals surface area contributed by atoms with Crippen LogP contribution in [0.15, 0.2) is 48.5 Å². The van der Waals surface area contributed by atoms with Gasteiger partial charge in [0.15, 0.2) is 0 Å². The molecule has 0 fully saturated rings. The van der Waals surface area contributed by atoms with E-state index in [0.717, 1.165) is 17.7 Å². The molecule has 0 aliphatic rings. The van der Waals surface area contributed by atoms with Crippen LogP contribution in [-0.4, -0.2) is 5.91 Å². The summed E-state index contributed by atoms with van der Waals surface area (Å²) >= 11 is 3.40. The second kappa shape index (κ2) is 6.53. The van der Waals surface area contributed by atoms with Gasteiger partial charge in [0.2, 0.25) is 0 Å². The van der Waals surface area contributed by atoms with Gasteiger partial charge in [0, 0.05) is 16.6 Å². The van der Waals surface area contributed by atoms with E-state index in [1.54, 1.807) is 0 Å². The lowest BCUT2D eigenvalue weighted by molar-refractivity contribution is 0.102. The lowest BCUT2D eigenvalue weighted by atomic mass is 10.1. The molecule has 0 heterocycles. The van der Waals surface area contributed by atoms with Crippen LogP contribution in [-0.2, 0) is 11.8 Å². The van der Waals surface area contributed by atoms with Crippen LogP contribution in [0, 0.1) is 0 Å². The molecule has 3 heteroatoms. The topological polar surface area (TPSA) is 29.1 Å². The Labute approximate surface area is 122 Å². The molecule has 0 saturated carbocycles. The van der Waals surface area contributed by atoms with E-state index in [2.05, 4.69) is 28.2 Å².